The average molecular weight is 324 g/mol. The van der Waals surface area contributed by atoms with Crippen LogP contribution in [-0.4, -0.2) is 85.4 Å². The molecule has 0 aromatic rings. The van der Waals surface area contributed by atoms with E-state index in [0.717, 1.165) is 58.8 Å². The lowest BCUT2D eigenvalue weighted by molar-refractivity contribution is -0.135. The van der Waals surface area contributed by atoms with Crippen molar-refractivity contribution in [1.29, 1.82) is 0 Å². The zero-order valence-electron chi connectivity index (χ0n) is 14.7. The summed E-state index contributed by atoms with van der Waals surface area (Å²) in [5, 5.41) is 3.35. The first-order valence-corrected chi connectivity index (χ1v) is 9.12. The van der Waals surface area contributed by atoms with E-state index in [4.69, 9.17) is 0 Å². The van der Waals surface area contributed by atoms with Crippen LogP contribution in [0.4, 0.5) is 0 Å². The highest BCUT2D eigenvalue weighted by atomic mass is 16.2. The van der Waals surface area contributed by atoms with Crippen LogP contribution >= 0.6 is 0 Å². The molecule has 0 aromatic carbocycles. The van der Waals surface area contributed by atoms with Gasteiger partial charge in [-0.25, -0.2) is 0 Å². The van der Waals surface area contributed by atoms with Gasteiger partial charge in [-0.1, -0.05) is 0 Å². The van der Waals surface area contributed by atoms with Gasteiger partial charge in [0.1, 0.15) is 0 Å². The SMILES string of the molecule is CCN(CC)C(=O)CN1CCN(C(=O)CCC2CCNC2)CC1. The topological polar surface area (TPSA) is 55.9 Å². The van der Waals surface area contributed by atoms with Crippen LogP contribution in [0.5, 0.6) is 0 Å². The maximum atomic E-state index is 12.3. The molecule has 0 spiro atoms. The number of hydrogen-bond donors (Lipinski definition) is 1. The number of amides is 2. The minimum atomic E-state index is 0.198. The first-order valence-electron chi connectivity index (χ1n) is 9.12. The van der Waals surface area contributed by atoms with Crippen LogP contribution in [0.25, 0.3) is 0 Å². The third kappa shape index (κ3) is 5.46. The molecule has 0 aromatic heterocycles. The number of piperazine rings is 1. The minimum Gasteiger partial charge on any atom is -0.342 e. The summed E-state index contributed by atoms with van der Waals surface area (Å²) in [7, 11) is 0. The highest BCUT2D eigenvalue weighted by Crippen LogP contribution is 2.15. The van der Waals surface area contributed by atoms with Crippen LogP contribution in [0.3, 0.4) is 0 Å². The van der Waals surface area contributed by atoms with E-state index in [1.54, 1.807) is 0 Å². The van der Waals surface area contributed by atoms with Gasteiger partial charge in [0.25, 0.3) is 0 Å². The molecule has 23 heavy (non-hydrogen) atoms. The number of rotatable bonds is 7. The maximum absolute atomic E-state index is 12.3. The van der Waals surface area contributed by atoms with Crippen molar-refractivity contribution in [3.05, 3.63) is 0 Å². The van der Waals surface area contributed by atoms with Gasteiger partial charge < -0.3 is 15.1 Å². The molecule has 6 heteroatoms. The number of carbonyl (C=O) groups excluding carboxylic acids is 2. The molecule has 2 heterocycles. The number of likely N-dealkylation sites (N-methyl/N-ethyl adjacent to an activating group) is 1. The second kappa shape index (κ2) is 9.23. The third-order valence-electron chi connectivity index (χ3n) is 5.13. The summed E-state index contributed by atoms with van der Waals surface area (Å²) in [4.78, 5) is 30.4. The van der Waals surface area contributed by atoms with Crippen LogP contribution in [0, 0.1) is 5.92 Å². The zero-order chi connectivity index (χ0) is 16.7. The van der Waals surface area contributed by atoms with Gasteiger partial charge in [0.15, 0.2) is 0 Å². The quantitative estimate of drug-likeness (QED) is 0.736. The molecule has 0 saturated carbocycles. The number of hydrogen-bond acceptors (Lipinski definition) is 4. The van der Waals surface area contributed by atoms with Crippen LogP contribution in [0.15, 0.2) is 0 Å². The molecule has 1 N–H and O–H groups in total. The lowest BCUT2D eigenvalue weighted by Gasteiger charge is -2.35. The molecule has 1 unspecified atom stereocenters. The van der Waals surface area contributed by atoms with Crippen molar-refractivity contribution < 1.29 is 9.59 Å². The van der Waals surface area contributed by atoms with Gasteiger partial charge in [0.05, 0.1) is 6.54 Å². The smallest absolute Gasteiger partial charge is 0.236 e. The van der Waals surface area contributed by atoms with E-state index >= 15 is 0 Å². The Balaban J connectivity index is 1.66. The molecule has 2 aliphatic heterocycles. The number of carbonyl (C=O) groups is 2. The van der Waals surface area contributed by atoms with Crippen molar-refractivity contribution in [2.45, 2.75) is 33.1 Å². The van der Waals surface area contributed by atoms with Crippen LogP contribution < -0.4 is 5.32 Å². The van der Waals surface area contributed by atoms with E-state index in [1.165, 1.54) is 6.42 Å². The van der Waals surface area contributed by atoms with Gasteiger partial charge in [-0.15, -0.1) is 0 Å². The first kappa shape index (κ1) is 18.2. The normalized spacial score (nSPS) is 22.3. The minimum absolute atomic E-state index is 0.198. The van der Waals surface area contributed by atoms with Crippen molar-refractivity contribution in [2.75, 3.05) is 58.9 Å². The predicted molar refractivity (Wildman–Crippen MR) is 91.2 cm³/mol. The highest BCUT2D eigenvalue weighted by Gasteiger charge is 2.24. The van der Waals surface area contributed by atoms with E-state index in [2.05, 4.69) is 10.2 Å². The van der Waals surface area contributed by atoms with Gasteiger partial charge in [-0.05, 0) is 45.7 Å². The molecule has 6 nitrogen and oxygen atoms in total. The van der Waals surface area contributed by atoms with E-state index in [9.17, 15) is 9.59 Å². The summed E-state index contributed by atoms with van der Waals surface area (Å²) >= 11 is 0. The fourth-order valence-corrected chi connectivity index (χ4v) is 3.47. The van der Waals surface area contributed by atoms with Crippen molar-refractivity contribution >= 4 is 11.8 Å². The number of nitrogens with one attached hydrogen (secondary N) is 1. The van der Waals surface area contributed by atoms with Crippen molar-refractivity contribution in [3.8, 4) is 0 Å². The number of nitrogens with zero attached hydrogens (tertiary/aromatic N) is 3. The second-order valence-electron chi connectivity index (χ2n) is 6.62. The van der Waals surface area contributed by atoms with E-state index in [1.807, 2.05) is 23.6 Å². The predicted octanol–water partition coefficient (Wildman–Crippen LogP) is 0.389. The summed E-state index contributed by atoms with van der Waals surface area (Å²) < 4.78 is 0. The molecule has 0 radical (unpaired) electrons. The Labute approximate surface area is 140 Å². The molecule has 1 atom stereocenters. The Morgan fingerprint density at radius 1 is 1.13 bits per heavy atom. The first-order chi connectivity index (χ1) is 11.1. The van der Waals surface area contributed by atoms with Crippen LogP contribution in [-0.2, 0) is 9.59 Å². The van der Waals surface area contributed by atoms with E-state index < -0.39 is 0 Å². The third-order valence-corrected chi connectivity index (χ3v) is 5.13. The molecular formula is C17H32N4O2. The summed E-state index contributed by atoms with van der Waals surface area (Å²) in [5.74, 6) is 1.15. The van der Waals surface area contributed by atoms with Crippen LogP contribution in [0.1, 0.15) is 33.1 Å². The Hall–Kier alpha value is -1.14. The summed E-state index contributed by atoms with van der Waals surface area (Å²) in [6, 6.07) is 0. The molecule has 0 bridgehead atoms. The summed E-state index contributed by atoms with van der Waals surface area (Å²) in [6.45, 7) is 11.3. The Kier molecular flexibility index (Phi) is 7.30. The molecule has 2 amide bonds. The maximum Gasteiger partial charge on any atom is 0.236 e. The van der Waals surface area contributed by atoms with Crippen molar-refractivity contribution in [1.82, 2.24) is 20.0 Å². The molecule has 132 valence electrons. The second-order valence-corrected chi connectivity index (χ2v) is 6.62. The van der Waals surface area contributed by atoms with Gasteiger partial charge in [0, 0.05) is 45.7 Å². The molecule has 2 aliphatic rings. The Morgan fingerprint density at radius 2 is 1.83 bits per heavy atom. The summed E-state index contributed by atoms with van der Waals surface area (Å²) in [5.41, 5.74) is 0. The van der Waals surface area contributed by atoms with Crippen molar-refractivity contribution in [3.63, 3.8) is 0 Å². The lowest BCUT2D eigenvalue weighted by Crippen LogP contribution is -2.51. The van der Waals surface area contributed by atoms with E-state index in [0.29, 0.717) is 18.9 Å². The average Bonchev–Trinajstić information content (AvgIpc) is 3.08. The highest BCUT2D eigenvalue weighted by molar-refractivity contribution is 5.78. The fraction of sp³-hybridized carbons (Fsp3) is 0.882. The fourth-order valence-electron chi connectivity index (χ4n) is 3.47. The van der Waals surface area contributed by atoms with Crippen molar-refractivity contribution in [2.24, 2.45) is 5.92 Å². The molecule has 2 fully saturated rings. The van der Waals surface area contributed by atoms with E-state index in [-0.39, 0.29) is 11.8 Å². The summed E-state index contributed by atoms with van der Waals surface area (Å²) in [6.07, 6.45) is 2.88. The zero-order valence-corrected chi connectivity index (χ0v) is 14.7. The van der Waals surface area contributed by atoms with Gasteiger partial charge in [-0.2, -0.15) is 0 Å². The van der Waals surface area contributed by atoms with Gasteiger partial charge in [0.2, 0.25) is 11.8 Å². The van der Waals surface area contributed by atoms with Gasteiger partial charge >= 0.3 is 0 Å². The molecular weight excluding hydrogens is 292 g/mol. The monoisotopic (exact) mass is 324 g/mol. The molecule has 2 saturated heterocycles. The standard InChI is InChI=1S/C17H32N4O2/c1-3-20(4-2)17(23)14-19-9-11-21(12-10-19)16(22)6-5-15-7-8-18-13-15/h15,18H,3-14H2,1-2H3. The van der Waals surface area contributed by atoms with Gasteiger partial charge in [-0.3, -0.25) is 14.5 Å². The van der Waals surface area contributed by atoms with Crippen LogP contribution in [0.2, 0.25) is 0 Å². The largest absolute Gasteiger partial charge is 0.342 e. The lowest BCUT2D eigenvalue weighted by atomic mass is 10.0. The molecule has 2 rings (SSSR count). The Morgan fingerprint density at radius 3 is 2.39 bits per heavy atom. The molecule has 0 aliphatic carbocycles. The Bertz CT molecular complexity index is 384.